The van der Waals surface area contributed by atoms with Gasteiger partial charge in [-0.15, -0.1) is 0 Å². The van der Waals surface area contributed by atoms with Crippen LogP contribution < -0.4 is 5.32 Å². The average molecular weight is 231 g/mol. The van der Waals surface area contributed by atoms with Crippen LogP contribution in [0.4, 0.5) is 0 Å². The minimum Gasteiger partial charge on any atom is -0.479 e. The van der Waals surface area contributed by atoms with E-state index in [9.17, 15) is 9.59 Å². The first-order valence-corrected chi connectivity index (χ1v) is 5.24. The number of hydrogen-bond acceptors (Lipinski definition) is 5. The van der Waals surface area contributed by atoms with Gasteiger partial charge in [0.2, 0.25) is 0 Å². The lowest BCUT2D eigenvalue weighted by Gasteiger charge is -2.15. The van der Waals surface area contributed by atoms with E-state index in [4.69, 9.17) is 9.84 Å². The van der Waals surface area contributed by atoms with Crippen molar-refractivity contribution in [3.8, 4) is 0 Å². The van der Waals surface area contributed by atoms with Crippen LogP contribution in [0.1, 0.15) is 19.8 Å². The van der Waals surface area contributed by atoms with Crippen LogP contribution in [0.5, 0.6) is 0 Å². The van der Waals surface area contributed by atoms with Crippen molar-refractivity contribution in [3.63, 3.8) is 0 Å². The minimum absolute atomic E-state index is 0.145. The molecule has 0 aliphatic carbocycles. The van der Waals surface area contributed by atoms with Crippen LogP contribution in [0.15, 0.2) is 0 Å². The van der Waals surface area contributed by atoms with Gasteiger partial charge in [-0.05, 0) is 19.8 Å². The maximum absolute atomic E-state index is 11.1. The maximum Gasteiger partial charge on any atom is 0.332 e. The summed E-state index contributed by atoms with van der Waals surface area (Å²) in [5.74, 6) is -1.27. The number of carbonyl (C=O) groups is 2. The zero-order valence-electron chi connectivity index (χ0n) is 9.43. The standard InChI is InChI=1S/C10H17NO5/c1-6(10(14)15-2)11-5-7-3-4-8(16-7)9(12)13/h6-8,11H,3-5H2,1-2H3,(H,12,13). The number of aliphatic carboxylic acids is 1. The summed E-state index contributed by atoms with van der Waals surface area (Å²) < 4.78 is 9.82. The van der Waals surface area contributed by atoms with Crippen molar-refractivity contribution in [3.05, 3.63) is 0 Å². The van der Waals surface area contributed by atoms with Gasteiger partial charge in [0.05, 0.1) is 13.2 Å². The molecule has 3 atom stereocenters. The fraction of sp³-hybridized carbons (Fsp3) is 0.800. The van der Waals surface area contributed by atoms with Crippen molar-refractivity contribution in [2.75, 3.05) is 13.7 Å². The van der Waals surface area contributed by atoms with Crippen LogP contribution in [-0.2, 0) is 19.1 Å². The number of hydrogen-bond donors (Lipinski definition) is 2. The summed E-state index contributed by atoms with van der Waals surface area (Å²) in [7, 11) is 1.33. The molecule has 0 amide bonds. The lowest BCUT2D eigenvalue weighted by atomic mass is 10.2. The van der Waals surface area contributed by atoms with Gasteiger partial charge in [0.15, 0.2) is 6.10 Å². The molecular weight excluding hydrogens is 214 g/mol. The predicted octanol–water partition coefficient (Wildman–Crippen LogP) is -0.230. The second kappa shape index (κ2) is 5.81. The Bertz CT molecular complexity index is 268. The van der Waals surface area contributed by atoms with Gasteiger partial charge < -0.3 is 19.9 Å². The molecule has 3 unspecified atom stereocenters. The van der Waals surface area contributed by atoms with Crippen molar-refractivity contribution in [2.45, 2.75) is 38.0 Å². The third-order valence-corrected chi connectivity index (χ3v) is 2.59. The molecule has 1 heterocycles. The molecule has 1 fully saturated rings. The van der Waals surface area contributed by atoms with E-state index in [1.165, 1.54) is 7.11 Å². The molecule has 6 nitrogen and oxygen atoms in total. The smallest absolute Gasteiger partial charge is 0.332 e. The molecule has 0 spiro atoms. The van der Waals surface area contributed by atoms with Crippen LogP contribution in [0, 0.1) is 0 Å². The molecule has 1 aliphatic heterocycles. The summed E-state index contributed by atoms with van der Waals surface area (Å²) in [6, 6.07) is -0.405. The Balaban J connectivity index is 2.25. The van der Waals surface area contributed by atoms with E-state index in [1.54, 1.807) is 6.92 Å². The van der Waals surface area contributed by atoms with Gasteiger partial charge in [0.1, 0.15) is 6.04 Å². The quantitative estimate of drug-likeness (QED) is 0.636. The Labute approximate surface area is 93.9 Å². The lowest BCUT2D eigenvalue weighted by molar-refractivity contribution is -0.149. The Kier molecular flexibility index (Phi) is 4.70. The van der Waals surface area contributed by atoms with Gasteiger partial charge in [-0.3, -0.25) is 4.79 Å². The molecule has 0 aromatic rings. The fourth-order valence-electron chi connectivity index (χ4n) is 1.61. The molecule has 6 heteroatoms. The monoisotopic (exact) mass is 231 g/mol. The Hall–Kier alpha value is -1.14. The number of carboxylic acid groups (broad SMARTS) is 1. The molecule has 0 aromatic heterocycles. The minimum atomic E-state index is -0.927. The molecular formula is C10H17NO5. The molecule has 0 saturated carbocycles. The largest absolute Gasteiger partial charge is 0.479 e. The first-order valence-electron chi connectivity index (χ1n) is 5.24. The van der Waals surface area contributed by atoms with Gasteiger partial charge >= 0.3 is 11.9 Å². The molecule has 1 saturated heterocycles. The van der Waals surface area contributed by atoms with Gasteiger partial charge in [0, 0.05) is 6.54 Å². The summed E-state index contributed by atoms with van der Waals surface area (Å²) >= 11 is 0. The Morgan fingerprint density at radius 1 is 1.56 bits per heavy atom. The van der Waals surface area contributed by atoms with Crippen LogP contribution in [-0.4, -0.2) is 48.9 Å². The number of ether oxygens (including phenoxy) is 2. The fourth-order valence-corrected chi connectivity index (χ4v) is 1.61. The third kappa shape index (κ3) is 3.46. The van der Waals surface area contributed by atoms with Crippen LogP contribution in [0.2, 0.25) is 0 Å². The molecule has 0 bridgehead atoms. The molecule has 16 heavy (non-hydrogen) atoms. The molecule has 1 aliphatic rings. The number of methoxy groups -OCH3 is 1. The normalized spacial score (nSPS) is 26.4. The Morgan fingerprint density at radius 3 is 2.75 bits per heavy atom. The van der Waals surface area contributed by atoms with E-state index in [1.807, 2.05) is 0 Å². The van der Waals surface area contributed by atoms with Gasteiger partial charge in [0.25, 0.3) is 0 Å². The summed E-state index contributed by atoms with van der Waals surface area (Å²) in [6.45, 7) is 2.15. The topological polar surface area (TPSA) is 84.9 Å². The first kappa shape index (κ1) is 12.9. The van der Waals surface area contributed by atoms with Gasteiger partial charge in [-0.1, -0.05) is 0 Å². The van der Waals surface area contributed by atoms with E-state index in [-0.39, 0.29) is 12.1 Å². The molecule has 0 aromatic carbocycles. The number of nitrogens with one attached hydrogen (secondary N) is 1. The second-order valence-electron chi connectivity index (χ2n) is 3.82. The highest BCUT2D eigenvalue weighted by molar-refractivity contribution is 5.75. The lowest BCUT2D eigenvalue weighted by Crippen LogP contribution is -2.39. The summed E-state index contributed by atoms with van der Waals surface area (Å²) in [4.78, 5) is 21.7. The highest BCUT2D eigenvalue weighted by Crippen LogP contribution is 2.19. The van der Waals surface area contributed by atoms with E-state index < -0.39 is 18.1 Å². The van der Waals surface area contributed by atoms with Crippen molar-refractivity contribution in [1.82, 2.24) is 5.32 Å². The molecule has 1 rings (SSSR count). The highest BCUT2D eigenvalue weighted by atomic mass is 16.5. The van der Waals surface area contributed by atoms with E-state index in [2.05, 4.69) is 10.1 Å². The van der Waals surface area contributed by atoms with Crippen LogP contribution >= 0.6 is 0 Å². The zero-order valence-corrected chi connectivity index (χ0v) is 9.43. The van der Waals surface area contributed by atoms with Crippen molar-refractivity contribution in [2.24, 2.45) is 0 Å². The number of carbonyl (C=O) groups excluding carboxylic acids is 1. The number of rotatable bonds is 5. The first-order chi connectivity index (χ1) is 7.54. The van der Waals surface area contributed by atoms with Gasteiger partial charge in [-0.2, -0.15) is 0 Å². The second-order valence-corrected chi connectivity index (χ2v) is 3.82. The summed E-state index contributed by atoms with van der Waals surface area (Å²) in [6.07, 6.45) is 0.361. The molecule has 92 valence electrons. The van der Waals surface area contributed by atoms with Gasteiger partial charge in [-0.25, -0.2) is 4.79 Å². The molecule has 2 N–H and O–H groups in total. The highest BCUT2D eigenvalue weighted by Gasteiger charge is 2.30. The summed E-state index contributed by atoms with van der Waals surface area (Å²) in [5, 5.41) is 11.7. The van der Waals surface area contributed by atoms with E-state index >= 15 is 0 Å². The van der Waals surface area contributed by atoms with Crippen molar-refractivity contribution in [1.29, 1.82) is 0 Å². The SMILES string of the molecule is COC(=O)C(C)NCC1CCC(C(=O)O)O1. The maximum atomic E-state index is 11.1. The van der Waals surface area contributed by atoms with Crippen LogP contribution in [0.3, 0.4) is 0 Å². The Morgan fingerprint density at radius 2 is 2.25 bits per heavy atom. The average Bonchev–Trinajstić information content (AvgIpc) is 2.73. The van der Waals surface area contributed by atoms with Crippen molar-refractivity contribution >= 4 is 11.9 Å². The van der Waals surface area contributed by atoms with E-state index in [0.717, 1.165) is 0 Å². The predicted molar refractivity (Wildman–Crippen MR) is 55.0 cm³/mol. The summed E-state index contributed by atoms with van der Waals surface area (Å²) in [5.41, 5.74) is 0. The van der Waals surface area contributed by atoms with Crippen LogP contribution in [0.25, 0.3) is 0 Å². The number of esters is 1. The third-order valence-electron chi connectivity index (χ3n) is 2.59. The molecule has 0 radical (unpaired) electrons. The number of carboxylic acids is 1. The van der Waals surface area contributed by atoms with E-state index in [0.29, 0.717) is 19.4 Å². The van der Waals surface area contributed by atoms with Crippen molar-refractivity contribution < 1.29 is 24.2 Å². The zero-order chi connectivity index (χ0) is 12.1.